The molecule has 2 nitrogen and oxygen atoms in total. The molecule has 137 valence electrons. The number of benzene rings is 3. The Kier molecular flexibility index (Phi) is 27.9. The van der Waals surface area contributed by atoms with E-state index in [0.717, 1.165) is 5.56 Å². The summed E-state index contributed by atoms with van der Waals surface area (Å²) in [5.74, 6) is 0.282. The third-order valence-electron chi connectivity index (χ3n) is 2.86. The molecule has 3 aromatic carbocycles. The van der Waals surface area contributed by atoms with Gasteiger partial charge in [-0.05, 0) is 0 Å². The van der Waals surface area contributed by atoms with E-state index in [1.54, 1.807) is 6.07 Å². The fourth-order valence-electron chi connectivity index (χ4n) is 1.81. The Hall–Kier alpha value is 0.732. The van der Waals surface area contributed by atoms with Crippen LogP contribution in [0.5, 0.6) is 5.75 Å². The average molecular weight is 588 g/mol. The molecule has 0 bridgehead atoms. The number of phenols is 1. The summed E-state index contributed by atoms with van der Waals surface area (Å²) in [7, 11) is 0. The number of hydrogen-bond acceptors (Lipinski definition) is 1. The minimum absolute atomic E-state index is 0. The molecule has 3 radical (unpaired) electrons. The molecule has 0 unspecified atom stereocenters. The smallest absolute Gasteiger partial charge is 0.00347 e. The van der Waals surface area contributed by atoms with Crippen molar-refractivity contribution in [2.24, 2.45) is 0 Å². The second-order valence-corrected chi connectivity index (χ2v) is 5.44. The van der Waals surface area contributed by atoms with Gasteiger partial charge >= 0.3 is 0 Å². The van der Waals surface area contributed by atoms with Gasteiger partial charge in [0.2, 0.25) is 0 Å². The van der Waals surface area contributed by atoms with Gasteiger partial charge in [-0.1, -0.05) is 27.7 Å². The fourth-order valence-corrected chi connectivity index (χ4v) is 1.81. The van der Waals surface area contributed by atoms with Crippen molar-refractivity contribution in [3.63, 3.8) is 0 Å². The molecule has 5 heteroatoms. The van der Waals surface area contributed by atoms with Gasteiger partial charge in [0.1, 0.15) is 0 Å². The van der Waals surface area contributed by atoms with Crippen molar-refractivity contribution in [2.45, 2.75) is 27.7 Å². The quantitative estimate of drug-likeness (QED) is 0.385. The van der Waals surface area contributed by atoms with Crippen LogP contribution >= 0.6 is 0 Å². The third-order valence-corrected chi connectivity index (χ3v) is 2.86. The van der Waals surface area contributed by atoms with Gasteiger partial charge in [-0.25, -0.2) is 0 Å². The molecule has 0 amide bonds. The first kappa shape index (κ1) is 35.2. The van der Waals surface area contributed by atoms with Crippen LogP contribution in [-0.4, -0.2) is 10.6 Å². The molecular formula is C22H25O2Y3-3. The summed E-state index contributed by atoms with van der Waals surface area (Å²) in [6.07, 6.45) is 0. The van der Waals surface area contributed by atoms with E-state index < -0.39 is 0 Å². The molecular weight excluding hydrogens is 563 g/mol. The van der Waals surface area contributed by atoms with Gasteiger partial charge in [-0.3, -0.25) is 0 Å². The first-order chi connectivity index (χ1) is 11.0. The van der Waals surface area contributed by atoms with Crippen LogP contribution in [0.3, 0.4) is 0 Å². The first-order valence-electron chi connectivity index (χ1n) is 7.51. The molecule has 0 saturated carbocycles. The van der Waals surface area contributed by atoms with Crippen molar-refractivity contribution in [1.82, 2.24) is 0 Å². The van der Waals surface area contributed by atoms with E-state index in [2.05, 4.69) is 51.1 Å². The van der Waals surface area contributed by atoms with Crippen LogP contribution in [0.2, 0.25) is 0 Å². The molecule has 0 heterocycles. The first-order valence-corrected chi connectivity index (χ1v) is 7.51. The summed E-state index contributed by atoms with van der Waals surface area (Å²) >= 11 is 0. The van der Waals surface area contributed by atoms with E-state index in [1.165, 1.54) is 22.8 Å². The Bertz CT molecular complexity index is 627. The van der Waals surface area contributed by atoms with Crippen molar-refractivity contribution in [3.05, 3.63) is 101 Å². The van der Waals surface area contributed by atoms with Crippen LogP contribution in [-0.2, 0) is 98.1 Å². The molecule has 27 heavy (non-hydrogen) atoms. The third kappa shape index (κ3) is 19.8. The summed E-state index contributed by atoms with van der Waals surface area (Å²) in [5.41, 5.74) is 4.86. The SMILES string of the molecule is Cc1c[c-]cc(C)c1.Cc1c[c-]cc(O)c1.Cc1c[c-]ccc1.O.[Y].[Y].[Y]. The van der Waals surface area contributed by atoms with Crippen LogP contribution in [0.25, 0.3) is 0 Å². The van der Waals surface area contributed by atoms with E-state index in [1.807, 2.05) is 43.3 Å². The standard InChI is InChI=1S/C8H9.C7H7O.C7H7.H2O.3Y/c1-7-4-3-5-8(2)6-7;1-6-3-2-4-7(8)5-6;1-7-5-3-2-4-6-7;;;;/h4-6H,1-2H3;3-5,8H,1H3;2-3,5-6H,1H3;1H2;;;/q3*-1;;;;. The molecule has 3 N–H and O–H groups in total. The maximum atomic E-state index is 8.78. The second kappa shape index (κ2) is 21.4. The molecule has 0 saturated heterocycles. The molecule has 0 atom stereocenters. The van der Waals surface area contributed by atoms with Crippen LogP contribution in [0.4, 0.5) is 0 Å². The number of phenolic OH excluding ortho intramolecular Hbond substituents is 1. The van der Waals surface area contributed by atoms with Crippen molar-refractivity contribution < 1.29 is 109 Å². The van der Waals surface area contributed by atoms with E-state index in [-0.39, 0.29) is 109 Å². The van der Waals surface area contributed by atoms with Crippen LogP contribution in [0.15, 0.2) is 60.7 Å². The molecule has 0 aliphatic rings. The monoisotopic (exact) mass is 588 g/mol. The Balaban J connectivity index is -0.000000137. The zero-order chi connectivity index (χ0) is 17.1. The van der Waals surface area contributed by atoms with E-state index in [0.29, 0.717) is 0 Å². The summed E-state index contributed by atoms with van der Waals surface area (Å²) in [6.45, 7) is 8.11. The van der Waals surface area contributed by atoms with Crippen molar-refractivity contribution >= 4 is 0 Å². The second-order valence-electron chi connectivity index (χ2n) is 5.44. The van der Waals surface area contributed by atoms with Gasteiger partial charge in [0.05, 0.1) is 0 Å². The van der Waals surface area contributed by atoms with Crippen LogP contribution in [0, 0.1) is 45.9 Å². The van der Waals surface area contributed by atoms with Gasteiger partial charge < -0.3 is 10.6 Å². The van der Waals surface area contributed by atoms with Crippen LogP contribution in [0.1, 0.15) is 22.3 Å². The normalized spacial score (nSPS) is 7.70. The predicted octanol–water partition coefficient (Wildman–Crippen LogP) is 4.57. The fraction of sp³-hybridized carbons (Fsp3) is 0.182. The Labute approximate surface area is 239 Å². The largest absolute Gasteiger partial charge is 0.566 e. The molecule has 0 fully saturated rings. The van der Waals surface area contributed by atoms with Gasteiger partial charge in [-0.15, -0.1) is 12.1 Å². The molecule has 3 rings (SSSR count). The summed E-state index contributed by atoms with van der Waals surface area (Å²) in [4.78, 5) is 0. The predicted molar refractivity (Wildman–Crippen MR) is 100 cm³/mol. The molecule has 0 aromatic heterocycles. The number of aromatic hydroxyl groups is 1. The van der Waals surface area contributed by atoms with Crippen LogP contribution < -0.4 is 0 Å². The van der Waals surface area contributed by atoms with E-state index in [4.69, 9.17) is 5.11 Å². The van der Waals surface area contributed by atoms with E-state index in [9.17, 15) is 0 Å². The van der Waals surface area contributed by atoms with Crippen molar-refractivity contribution in [1.29, 1.82) is 0 Å². The Morgan fingerprint density at radius 2 is 1.07 bits per heavy atom. The molecule has 3 aromatic rings. The summed E-state index contributed by atoms with van der Waals surface area (Å²) < 4.78 is 0. The maximum Gasteiger partial charge on any atom is 0.00347 e. The molecule has 0 aliphatic carbocycles. The number of hydrogen-bond donors (Lipinski definition) is 1. The average Bonchev–Trinajstić information content (AvgIpc) is 2.49. The zero-order valence-corrected chi connectivity index (χ0v) is 25.0. The number of aryl methyl sites for hydroxylation is 4. The molecule has 0 spiro atoms. The van der Waals surface area contributed by atoms with Gasteiger partial charge in [0.15, 0.2) is 0 Å². The van der Waals surface area contributed by atoms with E-state index >= 15 is 0 Å². The van der Waals surface area contributed by atoms with Crippen molar-refractivity contribution in [2.75, 3.05) is 0 Å². The topological polar surface area (TPSA) is 51.7 Å². The van der Waals surface area contributed by atoms with Gasteiger partial charge in [0.25, 0.3) is 0 Å². The van der Waals surface area contributed by atoms with Gasteiger partial charge in [-0.2, -0.15) is 89.0 Å². The summed E-state index contributed by atoms with van der Waals surface area (Å²) in [6, 6.07) is 27.8. The van der Waals surface area contributed by atoms with Gasteiger partial charge in [0, 0.05) is 104 Å². The van der Waals surface area contributed by atoms with Crippen molar-refractivity contribution in [3.8, 4) is 5.75 Å². The minimum Gasteiger partial charge on any atom is -0.566 e. The minimum atomic E-state index is 0. The molecule has 0 aliphatic heterocycles. The maximum absolute atomic E-state index is 8.78. The Morgan fingerprint density at radius 1 is 0.630 bits per heavy atom. The zero-order valence-electron chi connectivity index (χ0n) is 16.5. The number of rotatable bonds is 0. The summed E-state index contributed by atoms with van der Waals surface area (Å²) in [5, 5.41) is 8.78. The Morgan fingerprint density at radius 3 is 1.30 bits per heavy atom.